The van der Waals surface area contributed by atoms with Crippen LogP contribution in [0.3, 0.4) is 0 Å². The fourth-order valence-corrected chi connectivity index (χ4v) is 4.02. The van der Waals surface area contributed by atoms with Crippen molar-refractivity contribution in [3.8, 4) is 5.75 Å². The highest BCUT2D eigenvalue weighted by atomic mass is 16.5. The van der Waals surface area contributed by atoms with E-state index in [-0.39, 0.29) is 0 Å². The zero-order chi connectivity index (χ0) is 22.7. The van der Waals surface area contributed by atoms with Crippen LogP contribution in [0.25, 0.3) is 10.9 Å². The largest absolute Gasteiger partial charge is 0.495 e. The van der Waals surface area contributed by atoms with Crippen LogP contribution in [0, 0.1) is 0 Å². The summed E-state index contributed by atoms with van der Waals surface area (Å²) in [7, 11) is 1.53. The molecule has 2 heterocycles. The topological polar surface area (TPSA) is 80.8 Å². The molecule has 0 saturated carbocycles. The van der Waals surface area contributed by atoms with Crippen LogP contribution in [-0.2, 0) is 22.5 Å². The van der Waals surface area contributed by atoms with Gasteiger partial charge in [-0.2, -0.15) is 0 Å². The van der Waals surface area contributed by atoms with E-state index in [9.17, 15) is 9.59 Å². The highest BCUT2D eigenvalue weighted by molar-refractivity contribution is 6.06. The Labute approximate surface area is 187 Å². The maximum Gasteiger partial charge on any atom is 0.339 e. The molecule has 0 saturated heterocycles. The van der Waals surface area contributed by atoms with Gasteiger partial charge in [-0.15, -0.1) is 0 Å². The van der Waals surface area contributed by atoms with Crippen molar-refractivity contribution in [3.63, 3.8) is 0 Å². The van der Waals surface area contributed by atoms with Gasteiger partial charge in [-0.3, -0.25) is 14.7 Å². The van der Waals surface area contributed by atoms with E-state index in [1.165, 1.54) is 7.11 Å². The summed E-state index contributed by atoms with van der Waals surface area (Å²) in [5.74, 6) is -0.408. The maximum absolute atomic E-state index is 13.2. The number of pyridine rings is 1. The standard InChI is InChI=1S/C25H27N3O4/c1-16(2)28-13-12-20-18(14-28)24(17-8-4-5-9-19(17)26-20)25(30)32-15-23(29)27-21-10-6-7-11-22(21)31-3/h4-11,16H,12-15H2,1-3H3,(H,27,29). The van der Waals surface area contributed by atoms with Gasteiger partial charge in [0.05, 0.1) is 23.9 Å². The third-order valence-electron chi connectivity index (χ3n) is 5.73. The summed E-state index contributed by atoms with van der Waals surface area (Å²) < 4.78 is 10.7. The lowest BCUT2D eigenvalue weighted by Crippen LogP contribution is -2.37. The number of esters is 1. The number of nitrogens with one attached hydrogen (secondary N) is 1. The van der Waals surface area contributed by atoms with Gasteiger partial charge in [0.15, 0.2) is 6.61 Å². The van der Waals surface area contributed by atoms with Crippen LogP contribution < -0.4 is 10.1 Å². The molecule has 0 atom stereocenters. The quantitative estimate of drug-likeness (QED) is 0.596. The van der Waals surface area contributed by atoms with Gasteiger partial charge >= 0.3 is 5.97 Å². The second-order valence-corrected chi connectivity index (χ2v) is 8.07. The van der Waals surface area contributed by atoms with Gasteiger partial charge in [-0.25, -0.2) is 4.79 Å². The lowest BCUT2D eigenvalue weighted by molar-refractivity contribution is -0.119. The molecule has 1 aliphatic rings. The fraction of sp³-hybridized carbons (Fsp3) is 0.320. The number of anilines is 1. The van der Waals surface area contributed by atoms with Gasteiger partial charge in [0, 0.05) is 42.2 Å². The number of fused-ring (bicyclic) bond motifs is 2. The number of benzene rings is 2. The van der Waals surface area contributed by atoms with Crippen molar-refractivity contribution in [3.05, 3.63) is 65.4 Å². The lowest BCUT2D eigenvalue weighted by atomic mass is 9.95. The van der Waals surface area contributed by atoms with Crippen molar-refractivity contribution in [2.45, 2.75) is 32.9 Å². The third-order valence-corrected chi connectivity index (χ3v) is 5.73. The van der Waals surface area contributed by atoms with Gasteiger partial charge in [0.2, 0.25) is 0 Å². The Morgan fingerprint density at radius 3 is 2.66 bits per heavy atom. The molecule has 32 heavy (non-hydrogen) atoms. The van der Waals surface area contributed by atoms with Crippen molar-refractivity contribution >= 4 is 28.5 Å². The van der Waals surface area contributed by atoms with E-state index in [0.717, 1.165) is 35.1 Å². The predicted octanol–water partition coefficient (Wildman–Crippen LogP) is 3.81. The van der Waals surface area contributed by atoms with Crippen LogP contribution in [0.4, 0.5) is 5.69 Å². The van der Waals surface area contributed by atoms with Crippen LogP contribution in [0.1, 0.15) is 35.5 Å². The Kier molecular flexibility index (Phi) is 6.37. The SMILES string of the molecule is COc1ccccc1NC(=O)COC(=O)c1c2c(nc3ccccc13)CCN(C(C)C)C2. The number of carbonyl (C=O) groups excluding carboxylic acids is 2. The highest BCUT2D eigenvalue weighted by Gasteiger charge is 2.27. The molecule has 0 spiro atoms. The van der Waals surface area contributed by atoms with Crippen molar-refractivity contribution < 1.29 is 19.1 Å². The summed E-state index contributed by atoms with van der Waals surface area (Å²) in [6.45, 7) is 5.41. The number of aromatic nitrogens is 1. The fourth-order valence-electron chi connectivity index (χ4n) is 4.02. The lowest BCUT2D eigenvalue weighted by Gasteiger charge is -2.32. The minimum absolute atomic E-state index is 0.352. The van der Waals surface area contributed by atoms with Crippen molar-refractivity contribution in [2.75, 3.05) is 25.6 Å². The van der Waals surface area contributed by atoms with E-state index >= 15 is 0 Å². The Morgan fingerprint density at radius 1 is 1.12 bits per heavy atom. The monoisotopic (exact) mass is 433 g/mol. The summed E-state index contributed by atoms with van der Waals surface area (Å²) in [5.41, 5.74) is 3.59. The van der Waals surface area contributed by atoms with Crippen molar-refractivity contribution in [1.82, 2.24) is 9.88 Å². The molecule has 0 bridgehead atoms. The van der Waals surface area contributed by atoms with E-state index < -0.39 is 18.5 Å². The molecule has 1 aromatic heterocycles. The van der Waals surface area contributed by atoms with E-state index in [1.54, 1.807) is 18.2 Å². The summed E-state index contributed by atoms with van der Waals surface area (Å²) in [4.78, 5) is 32.8. The van der Waals surface area contributed by atoms with Crippen molar-refractivity contribution in [1.29, 1.82) is 0 Å². The predicted molar refractivity (Wildman–Crippen MR) is 123 cm³/mol. The van der Waals surface area contributed by atoms with Gasteiger partial charge < -0.3 is 14.8 Å². The van der Waals surface area contributed by atoms with Gasteiger partial charge in [0.1, 0.15) is 5.75 Å². The molecule has 4 rings (SSSR count). The minimum atomic E-state index is -0.513. The zero-order valence-electron chi connectivity index (χ0n) is 18.6. The van der Waals surface area contributed by atoms with Gasteiger partial charge in [-0.05, 0) is 32.0 Å². The van der Waals surface area contributed by atoms with Crippen LogP contribution in [-0.4, -0.2) is 48.1 Å². The number of hydrogen-bond acceptors (Lipinski definition) is 6. The van der Waals surface area contributed by atoms with E-state index in [2.05, 4.69) is 24.1 Å². The number of hydrogen-bond donors (Lipinski definition) is 1. The second kappa shape index (κ2) is 9.36. The van der Waals surface area contributed by atoms with Crippen LogP contribution >= 0.6 is 0 Å². The smallest absolute Gasteiger partial charge is 0.339 e. The number of methoxy groups -OCH3 is 1. The molecule has 3 aromatic rings. The Morgan fingerprint density at radius 2 is 1.88 bits per heavy atom. The first-order valence-electron chi connectivity index (χ1n) is 10.7. The van der Waals surface area contributed by atoms with E-state index in [4.69, 9.17) is 14.5 Å². The number of rotatable bonds is 6. The Balaban J connectivity index is 1.58. The van der Waals surface area contributed by atoms with Crippen LogP contribution in [0.5, 0.6) is 5.75 Å². The normalized spacial score (nSPS) is 13.6. The molecular weight excluding hydrogens is 406 g/mol. The number of carbonyl (C=O) groups is 2. The van der Waals surface area contributed by atoms with Gasteiger partial charge in [0.25, 0.3) is 5.91 Å². The molecule has 1 N–H and O–H groups in total. The highest BCUT2D eigenvalue weighted by Crippen LogP contribution is 2.29. The molecule has 7 heteroatoms. The summed E-state index contributed by atoms with van der Waals surface area (Å²) >= 11 is 0. The maximum atomic E-state index is 13.2. The molecule has 1 aliphatic heterocycles. The third kappa shape index (κ3) is 4.43. The molecule has 166 valence electrons. The zero-order valence-corrected chi connectivity index (χ0v) is 18.6. The molecule has 0 fully saturated rings. The molecule has 0 radical (unpaired) electrons. The first kappa shape index (κ1) is 21.8. The van der Waals surface area contributed by atoms with Crippen LogP contribution in [0.15, 0.2) is 48.5 Å². The minimum Gasteiger partial charge on any atom is -0.495 e. The molecule has 7 nitrogen and oxygen atoms in total. The summed E-state index contributed by atoms with van der Waals surface area (Å²) in [6.07, 6.45) is 0.771. The number of nitrogens with zero attached hydrogens (tertiary/aromatic N) is 2. The van der Waals surface area contributed by atoms with Crippen LogP contribution in [0.2, 0.25) is 0 Å². The first-order chi connectivity index (χ1) is 15.5. The first-order valence-corrected chi connectivity index (χ1v) is 10.7. The molecule has 0 unspecified atom stereocenters. The van der Waals surface area contributed by atoms with E-state index in [0.29, 0.717) is 29.6 Å². The second-order valence-electron chi connectivity index (χ2n) is 8.07. The molecule has 1 amide bonds. The number of ether oxygens (including phenoxy) is 2. The average Bonchev–Trinajstić information content (AvgIpc) is 2.80. The molecule has 0 aliphatic carbocycles. The van der Waals surface area contributed by atoms with Gasteiger partial charge in [-0.1, -0.05) is 30.3 Å². The number of amides is 1. The van der Waals surface area contributed by atoms with E-state index in [1.807, 2.05) is 30.3 Å². The summed E-state index contributed by atoms with van der Waals surface area (Å²) in [5, 5.41) is 3.47. The summed E-state index contributed by atoms with van der Waals surface area (Å²) in [6, 6.07) is 15.0. The average molecular weight is 434 g/mol. The Bertz CT molecular complexity index is 1160. The number of para-hydroxylation sites is 3. The van der Waals surface area contributed by atoms with Crippen molar-refractivity contribution in [2.24, 2.45) is 0 Å². The Hall–Kier alpha value is -3.45. The molecular formula is C25H27N3O4. The molecule has 2 aromatic carbocycles.